The Morgan fingerprint density at radius 3 is 2.62 bits per heavy atom. The first kappa shape index (κ1) is 22.9. The zero-order valence-electron chi connectivity index (χ0n) is 17.7. The highest BCUT2D eigenvalue weighted by molar-refractivity contribution is 6.32. The minimum atomic E-state index is -0.685. The van der Waals surface area contributed by atoms with Gasteiger partial charge in [0, 0.05) is 17.7 Å². The third-order valence-corrected chi connectivity index (χ3v) is 5.05. The van der Waals surface area contributed by atoms with Crippen molar-refractivity contribution in [3.63, 3.8) is 0 Å². The van der Waals surface area contributed by atoms with Gasteiger partial charge in [0.1, 0.15) is 12.4 Å². The van der Waals surface area contributed by atoms with E-state index < -0.39 is 10.9 Å². The van der Waals surface area contributed by atoms with Crippen molar-refractivity contribution >= 4 is 35.2 Å². The van der Waals surface area contributed by atoms with E-state index in [2.05, 4.69) is 4.99 Å². The van der Waals surface area contributed by atoms with Crippen molar-refractivity contribution in [2.75, 3.05) is 7.11 Å². The van der Waals surface area contributed by atoms with Crippen molar-refractivity contribution in [3.05, 3.63) is 104 Å². The molecule has 0 bridgehead atoms. The molecule has 0 amide bonds. The number of rotatable bonds is 7. The molecule has 0 saturated heterocycles. The number of non-ortho nitro benzene ring substituents is 1. The maximum atomic E-state index is 13.4. The summed E-state index contributed by atoms with van der Waals surface area (Å²) in [4.78, 5) is 26.8. The molecule has 0 radical (unpaired) electrons. The predicted octanol–water partition coefficient (Wildman–Crippen LogP) is 5.32. The molecule has 0 saturated carbocycles. The van der Waals surface area contributed by atoms with Crippen LogP contribution in [0, 0.1) is 15.9 Å². The van der Waals surface area contributed by atoms with Crippen molar-refractivity contribution in [2.24, 2.45) is 4.99 Å². The van der Waals surface area contributed by atoms with Gasteiger partial charge in [0.15, 0.2) is 17.2 Å². The van der Waals surface area contributed by atoms with Gasteiger partial charge in [-0.25, -0.2) is 14.2 Å². The number of methoxy groups -OCH3 is 1. The number of nitrogens with zero attached hydrogens (tertiary/aromatic N) is 2. The Kier molecular flexibility index (Phi) is 6.55. The van der Waals surface area contributed by atoms with E-state index in [1.807, 2.05) is 0 Å². The molecule has 1 aliphatic rings. The lowest BCUT2D eigenvalue weighted by atomic mass is 10.1. The summed E-state index contributed by atoms with van der Waals surface area (Å²) in [6.07, 6.45) is 1.46. The minimum Gasteiger partial charge on any atom is -0.493 e. The zero-order valence-corrected chi connectivity index (χ0v) is 18.4. The molecule has 0 aliphatic carbocycles. The summed E-state index contributed by atoms with van der Waals surface area (Å²) < 4.78 is 29.7. The number of ether oxygens (including phenoxy) is 3. The van der Waals surface area contributed by atoms with Gasteiger partial charge in [0.05, 0.1) is 17.1 Å². The topological polar surface area (TPSA) is 100 Å². The number of cyclic esters (lactones) is 1. The van der Waals surface area contributed by atoms with Crippen LogP contribution in [-0.2, 0) is 16.1 Å². The molecule has 0 unspecified atom stereocenters. The number of nitro groups is 1. The Hall–Kier alpha value is -4.24. The summed E-state index contributed by atoms with van der Waals surface area (Å²) >= 11 is 6.38. The second kappa shape index (κ2) is 9.72. The SMILES string of the molecule is COc1cc(/C=C2\N=C(c3ccc([N+](=O)[O-])cc3)OC2=O)cc(Cl)c1OCc1cccc(F)c1. The molecule has 1 heterocycles. The summed E-state index contributed by atoms with van der Waals surface area (Å²) in [5.41, 5.74) is 1.46. The van der Waals surface area contributed by atoms with Crippen molar-refractivity contribution in [1.82, 2.24) is 0 Å². The standard InChI is InChI=1S/C24H16ClFN2O6/c1-32-21-12-15(10-19(25)22(21)33-13-14-3-2-4-17(26)9-14)11-20-24(29)34-23(27-20)16-5-7-18(8-6-16)28(30)31/h2-12H,13H2,1H3/b20-11-. The van der Waals surface area contributed by atoms with E-state index in [-0.39, 0.29) is 40.5 Å². The number of halogens is 2. The third kappa shape index (κ3) is 5.05. The van der Waals surface area contributed by atoms with Crippen LogP contribution in [0.2, 0.25) is 5.02 Å². The van der Waals surface area contributed by atoms with Crippen LogP contribution < -0.4 is 9.47 Å². The molecular formula is C24H16ClFN2O6. The number of aliphatic imine (C=N–C) groups is 1. The Morgan fingerprint density at radius 2 is 1.94 bits per heavy atom. The van der Waals surface area contributed by atoms with Gasteiger partial charge in [-0.2, -0.15) is 0 Å². The van der Waals surface area contributed by atoms with Gasteiger partial charge in [-0.1, -0.05) is 23.7 Å². The molecule has 8 nitrogen and oxygen atoms in total. The Morgan fingerprint density at radius 1 is 1.18 bits per heavy atom. The van der Waals surface area contributed by atoms with Crippen molar-refractivity contribution in [1.29, 1.82) is 0 Å². The summed E-state index contributed by atoms with van der Waals surface area (Å²) in [6, 6.07) is 14.6. The highest BCUT2D eigenvalue weighted by Gasteiger charge is 2.25. The van der Waals surface area contributed by atoms with E-state index in [0.29, 0.717) is 22.4 Å². The molecule has 1 aliphatic heterocycles. The second-order valence-corrected chi connectivity index (χ2v) is 7.50. The van der Waals surface area contributed by atoms with Crippen LogP contribution in [0.1, 0.15) is 16.7 Å². The van der Waals surface area contributed by atoms with Gasteiger partial charge in [0.25, 0.3) is 5.69 Å². The second-order valence-electron chi connectivity index (χ2n) is 7.09. The molecule has 34 heavy (non-hydrogen) atoms. The van der Waals surface area contributed by atoms with Crippen LogP contribution in [0.3, 0.4) is 0 Å². The third-order valence-electron chi connectivity index (χ3n) is 4.77. The molecule has 10 heteroatoms. The molecule has 0 spiro atoms. The Labute approximate surface area is 198 Å². The van der Waals surface area contributed by atoms with Crippen molar-refractivity contribution < 1.29 is 28.3 Å². The lowest BCUT2D eigenvalue weighted by Crippen LogP contribution is -2.05. The van der Waals surface area contributed by atoms with Gasteiger partial charge < -0.3 is 14.2 Å². The van der Waals surface area contributed by atoms with E-state index >= 15 is 0 Å². The lowest BCUT2D eigenvalue weighted by Gasteiger charge is -2.13. The summed E-state index contributed by atoms with van der Waals surface area (Å²) in [7, 11) is 1.44. The van der Waals surface area contributed by atoms with Crippen LogP contribution in [0.15, 0.2) is 71.4 Å². The van der Waals surface area contributed by atoms with E-state index in [9.17, 15) is 19.3 Å². The number of hydrogen-bond acceptors (Lipinski definition) is 7. The summed E-state index contributed by atoms with van der Waals surface area (Å²) in [5, 5.41) is 11.0. The van der Waals surface area contributed by atoms with E-state index in [1.165, 1.54) is 49.6 Å². The largest absolute Gasteiger partial charge is 0.493 e. The molecule has 4 rings (SSSR count). The summed E-state index contributed by atoms with van der Waals surface area (Å²) in [5.74, 6) is -0.464. The van der Waals surface area contributed by atoms with Gasteiger partial charge in [-0.05, 0) is 53.6 Å². The number of esters is 1. The van der Waals surface area contributed by atoms with E-state index in [0.717, 1.165) is 0 Å². The molecule has 0 fully saturated rings. The molecular weight excluding hydrogens is 467 g/mol. The number of nitro benzene ring substituents is 1. The monoisotopic (exact) mass is 482 g/mol. The maximum absolute atomic E-state index is 13.4. The molecule has 3 aromatic rings. The first-order valence-electron chi connectivity index (χ1n) is 9.86. The van der Waals surface area contributed by atoms with Crippen LogP contribution in [-0.4, -0.2) is 23.9 Å². The minimum absolute atomic E-state index is 0.0138. The van der Waals surface area contributed by atoms with Crippen LogP contribution in [0.4, 0.5) is 10.1 Å². The molecule has 0 aromatic heterocycles. The molecule has 0 N–H and O–H groups in total. The van der Waals surface area contributed by atoms with Crippen LogP contribution in [0.5, 0.6) is 11.5 Å². The first-order chi connectivity index (χ1) is 16.3. The van der Waals surface area contributed by atoms with Crippen molar-refractivity contribution in [3.8, 4) is 11.5 Å². The quantitative estimate of drug-likeness (QED) is 0.195. The predicted molar refractivity (Wildman–Crippen MR) is 122 cm³/mol. The highest BCUT2D eigenvalue weighted by Crippen LogP contribution is 2.38. The molecule has 0 atom stereocenters. The zero-order chi connectivity index (χ0) is 24.2. The average Bonchev–Trinajstić information content (AvgIpc) is 3.18. The van der Waals surface area contributed by atoms with Gasteiger partial charge >= 0.3 is 5.97 Å². The van der Waals surface area contributed by atoms with Gasteiger partial charge in [-0.3, -0.25) is 10.1 Å². The number of benzene rings is 3. The van der Waals surface area contributed by atoms with Gasteiger partial charge in [0.2, 0.25) is 5.90 Å². The normalized spacial score (nSPS) is 14.0. The summed E-state index contributed by atoms with van der Waals surface area (Å²) in [6.45, 7) is 0.0729. The number of carbonyl (C=O) groups excluding carboxylic acids is 1. The highest BCUT2D eigenvalue weighted by atomic mass is 35.5. The molecule has 3 aromatic carbocycles. The van der Waals surface area contributed by atoms with Gasteiger partial charge in [-0.15, -0.1) is 0 Å². The smallest absolute Gasteiger partial charge is 0.363 e. The Bertz CT molecular complexity index is 1340. The van der Waals surface area contributed by atoms with E-state index in [1.54, 1.807) is 24.3 Å². The van der Waals surface area contributed by atoms with E-state index in [4.69, 9.17) is 25.8 Å². The number of carbonyl (C=O) groups is 1. The van der Waals surface area contributed by atoms with Crippen molar-refractivity contribution in [2.45, 2.75) is 6.61 Å². The first-order valence-corrected chi connectivity index (χ1v) is 10.2. The molecule has 172 valence electrons. The fourth-order valence-corrected chi connectivity index (χ4v) is 3.44. The van der Waals surface area contributed by atoms with Crippen LogP contribution >= 0.6 is 11.6 Å². The number of hydrogen-bond donors (Lipinski definition) is 0. The lowest BCUT2D eigenvalue weighted by molar-refractivity contribution is -0.384. The fraction of sp³-hybridized carbons (Fsp3) is 0.0833. The Balaban J connectivity index is 1.57. The average molecular weight is 483 g/mol. The van der Waals surface area contributed by atoms with Crippen LogP contribution in [0.25, 0.3) is 6.08 Å². The maximum Gasteiger partial charge on any atom is 0.363 e. The fourth-order valence-electron chi connectivity index (χ4n) is 3.16.